The van der Waals surface area contributed by atoms with Gasteiger partial charge < -0.3 is 9.88 Å². The summed E-state index contributed by atoms with van der Waals surface area (Å²) in [6.45, 7) is 1.94. The Labute approximate surface area is 94.1 Å². The van der Waals surface area contributed by atoms with Gasteiger partial charge in [-0.2, -0.15) is 0 Å². The van der Waals surface area contributed by atoms with E-state index in [9.17, 15) is 4.39 Å². The third-order valence-electron chi connectivity index (χ3n) is 3.10. The first-order valence-corrected chi connectivity index (χ1v) is 5.81. The molecule has 1 aromatic carbocycles. The fourth-order valence-corrected chi connectivity index (χ4v) is 2.04. The minimum atomic E-state index is -0.165. The molecule has 0 spiro atoms. The van der Waals surface area contributed by atoms with E-state index in [1.165, 1.54) is 18.9 Å². The highest BCUT2D eigenvalue weighted by atomic mass is 19.1. The molecule has 1 saturated carbocycles. The van der Waals surface area contributed by atoms with Crippen LogP contribution in [-0.4, -0.2) is 17.2 Å². The Balaban J connectivity index is 1.75. The Hall–Kier alpha value is -1.35. The minimum Gasteiger partial charge on any atom is -0.346 e. The second-order valence-corrected chi connectivity index (χ2v) is 4.44. The predicted octanol–water partition coefficient (Wildman–Crippen LogP) is 2.53. The van der Waals surface area contributed by atoms with Crippen LogP contribution in [0.15, 0.2) is 30.5 Å². The molecule has 0 saturated heterocycles. The Morgan fingerprint density at radius 1 is 1.31 bits per heavy atom. The number of rotatable bonds is 4. The molecule has 1 heterocycles. The molecule has 2 aromatic rings. The maximum absolute atomic E-state index is 13.0. The van der Waals surface area contributed by atoms with Gasteiger partial charge in [0.05, 0.1) is 0 Å². The smallest absolute Gasteiger partial charge is 0.123 e. The fraction of sp³-hybridized carbons (Fsp3) is 0.385. The number of halogens is 1. The van der Waals surface area contributed by atoms with E-state index in [-0.39, 0.29) is 5.82 Å². The lowest BCUT2D eigenvalue weighted by Gasteiger charge is -2.06. The van der Waals surface area contributed by atoms with Crippen molar-refractivity contribution in [3.63, 3.8) is 0 Å². The van der Waals surface area contributed by atoms with E-state index in [0.29, 0.717) is 0 Å². The lowest BCUT2D eigenvalue weighted by molar-refractivity contribution is 0.605. The summed E-state index contributed by atoms with van der Waals surface area (Å²) in [6.07, 6.45) is 4.66. The van der Waals surface area contributed by atoms with Crippen molar-refractivity contribution >= 4 is 10.9 Å². The summed E-state index contributed by atoms with van der Waals surface area (Å²) in [5.41, 5.74) is 1.11. The summed E-state index contributed by atoms with van der Waals surface area (Å²) < 4.78 is 15.2. The minimum absolute atomic E-state index is 0.165. The molecule has 3 heteroatoms. The zero-order valence-corrected chi connectivity index (χ0v) is 9.12. The molecular weight excluding hydrogens is 203 g/mol. The van der Waals surface area contributed by atoms with Crippen LogP contribution in [0.1, 0.15) is 12.8 Å². The van der Waals surface area contributed by atoms with Gasteiger partial charge in [-0.15, -0.1) is 0 Å². The molecule has 2 nitrogen and oxygen atoms in total. The average molecular weight is 218 g/mol. The topological polar surface area (TPSA) is 17.0 Å². The number of nitrogens with one attached hydrogen (secondary N) is 1. The highest BCUT2D eigenvalue weighted by molar-refractivity contribution is 5.80. The van der Waals surface area contributed by atoms with E-state index in [1.54, 1.807) is 6.07 Å². The van der Waals surface area contributed by atoms with Crippen LogP contribution in [-0.2, 0) is 6.54 Å². The Bertz CT molecular complexity index is 500. The zero-order valence-electron chi connectivity index (χ0n) is 9.12. The van der Waals surface area contributed by atoms with Gasteiger partial charge in [-0.3, -0.25) is 0 Å². The fourth-order valence-electron chi connectivity index (χ4n) is 2.04. The Morgan fingerprint density at radius 2 is 2.19 bits per heavy atom. The quantitative estimate of drug-likeness (QED) is 0.834. The summed E-state index contributed by atoms with van der Waals surface area (Å²) >= 11 is 0. The molecule has 0 unspecified atom stereocenters. The molecule has 1 N–H and O–H groups in total. The van der Waals surface area contributed by atoms with Gasteiger partial charge in [0.15, 0.2) is 0 Å². The molecule has 1 aliphatic rings. The van der Waals surface area contributed by atoms with Gasteiger partial charge in [0, 0.05) is 36.2 Å². The molecule has 1 aliphatic carbocycles. The van der Waals surface area contributed by atoms with Gasteiger partial charge in [0.2, 0.25) is 0 Å². The van der Waals surface area contributed by atoms with Crippen LogP contribution < -0.4 is 5.32 Å². The SMILES string of the molecule is Fc1ccc2c(ccn2CCNC2CC2)c1. The average Bonchev–Trinajstić information content (AvgIpc) is 3.00. The molecule has 0 bridgehead atoms. The van der Waals surface area contributed by atoms with Crippen molar-refractivity contribution in [3.8, 4) is 0 Å². The van der Waals surface area contributed by atoms with Crippen LogP contribution in [0.3, 0.4) is 0 Å². The van der Waals surface area contributed by atoms with E-state index in [1.807, 2.05) is 18.3 Å². The molecule has 1 fully saturated rings. The van der Waals surface area contributed by atoms with Crippen molar-refractivity contribution in [2.75, 3.05) is 6.54 Å². The van der Waals surface area contributed by atoms with Gasteiger partial charge >= 0.3 is 0 Å². The molecule has 0 atom stereocenters. The van der Waals surface area contributed by atoms with E-state index in [4.69, 9.17) is 0 Å². The molecule has 3 rings (SSSR count). The standard InChI is InChI=1S/C13H15FN2/c14-11-1-4-13-10(9-11)5-7-16(13)8-6-15-12-2-3-12/h1,4-5,7,9,12,15H,2-3,6,8H2. The van der Waals surface area contributed by atoms with Gasteiger partial charge in [-0.25, -0.2) is 4.39 Å². The maximum Gasteiger partial charge on any atom is 0.123 e. The van der Waals surface area contributed by atoms with Crippen molar-refractivity contribution in [2.24, 2.45) is 0 Å². The largest absolute Gasteiger partial charge is 0.346 e. The molecule has 0 radical (unpaired) electrons. The van der Waals surface area contributed by atoms with Gasteiger partial charge in [-0.05, 0) is 37.1 Å². The van der Waals surface area contributed by atoms with Gasteiger partial charge in [-0.1, -0.05) is 0 Å². The summed E-state index contributed by atoms with van der Waals surface area (Å²) in [6, 6.07) is 7.67. The van der Waals surface area contributed by atoms with Crippen molar-refractivity contribution in [3.05, 3.63) is 36.3 Å². The van der Waals surface area contributed by atoms with Crippen LogP contribution in [0.2, 0.25) is 0 Å². The van der Waals surface area contributed by atoms with E-state index in [2.05, 4.69) is 9.88 Å². The summed E-state index contributed by atoms with van der Waals surface area (Å²) in [5, 5.41) is 4.45. The Morgan fingerprint density at radius 3 is 3.00 bits per heavy atom. The molecule has 0 aliphatic heterocycles. The third-order valence-corrected chi connectivity index (χ3v) is 3.10. The first kappa shape index (κ1) is 9.85. The van der Waals surface area contributed by atoms with Crippen LogP contribution in [0.4, 0.5) is 4.39 Å². The normalized spacial score (nSPS) is 15.8. The highest BCUT2D eigenvalue weighted by Gasteiger charge is 2.19. The zero-order chi connectivity index (χ0) is 11.0. The first-order chi connectivity index (χ1) is 7.83. The van der Waals surface area contributed by atoms with Crippen LogP contribution in [0.5, 0.6) is 0 Å². The number of hydrogen-bond acceptors (Lipinski definition) is 1. The maximum atomic E-state index is 13.0. The summed E-state index contributed by atoms with van der Waals surface area (Å²) in [4.78, 5) is 0. The first-order valence-electron chi connectivity index (χ1n) is 5.81. The van der Waals surface area contributed by atoms with Crippen molar-refractivity contribution in [2.45, 2.75) is 25.4 Å². The van der Waals surface area contributed by atoms with Crippen LogP contribution in [0, 0.1) is 5.82 Å². The highest BCUT2D eigenvalue weighted by Crippen LogP contribution is 2.19. The van der Waals surface area contributed by atoms with Gasteiger partial charge in [0.25, 0.3) is 0 Å². The number of aromatic nitrogens is 1. The van der Waals surface area contributed by atoms with Crippen molar-refractivity contribution in [1.82, 2.24) is 9.88 Å². The summed E-state index contributed by atoms with van der Waals surface area (Å²) in [7, 11) is 0. The summed E-state index contributed by atoms with van der Waals surface area (Å²) in [5.74, 6) is -0.165. The number of benzene rings is 1. The molecule has 84 valence electrons. The second kappa shape index (κ2) is 3.91. The van der Waals surface area contributed by atoms with E-state index < -0.39 is 0 Å². The molecule has 16 heavy (non-hydrogen) atoms. The predicted molar refractivity (Wildman–Crippen MR) is 62.9 cm³/mol. The lowest BCUT2D eigenvalue weighted by Crippen LogP contribution is -2.21. The molecular formula is C13H15FN2. The van der Waals surface area contributed by atoms with E-state index in [0.717, 1.165) is 30.0 Å². The number of fused-ring (bicyclic) bond motifs is 1. The van der Waals surface area contributed by atoms with E-state index >= 15 is 0 Å². The van der Waals surface area contributed by atoms with Crippen LogP contribution in [0.25, 0.3) is 10.9 Å². The van der Waals surface area contributed by atoms with Crippen molar-refractivity contribution < 1.29 is 4.39 Å². The van der Waals surface area contributed by atoms with Crippen LogP contribution >= 0.6 is 0 Å². The lowest BCUT2D eigenvalue weighted by atomic mass is 10.2. The molecule has 1 aromatic heterocycles. The van der Waals surface area contributed by atoms with Gasteiger partial charge in [0.1, 0.15) is 5.82 Å². The van der Waals surface area contributed by atoms with Crippen molar-refractivity contribution in [1.29, 1.82) is 0 Å². The third kappa shape index (κ3) is 1.95. The monoisotopic (exact) mass is 218 g/mol. The number of nitrogens with zero attached hydrogens (tertiary/aromatic N) is 1. The number of hydrogen-bond donors (Lipinski definition) is 1. The molecule has 0 amide bonds. The Kier molecular flexibility index (Phi) is 2.40. The second-order valence-electron chi connectivity index (χ2n) is 4.44.